The Labute approximate surface area is 119 Å². The second kappa shape index (κ2) is 5.63. The Hall–Kier alpha value is -0.870. The topological polar surface area (TPSA) is 29.3 Å². The summed E-state index contributed by atoms with van der Waals surface area (Å²) in [4.78, 5) is 7.09. The van der Waals surface area contributed by atoms with Crippen molar-refractivity contribution in [3.8, 4) is 0 Å². The van der Waals surface area contributed by atoms with Crippen LogP contribution < -0.4 is 5.32 Å². The van der Waals surface area contributed by atoms with E-state index in [-0.39, 0.29) is 0 Å². The lowest BCUT2D eigenvalue weighted by Crippen LogP contribution is -2.18. The Morgan fingerprint density at radius 1 is 1.37 bits per heavy atom. The molecule has 3 nitrogen and oxygen atoms in total. The molecular formula is C15H23N3S. The van der Waals surface area contributed by atoms with Crippen molar-refractivity contribution in [2.45, 2.75) is 52.5 Å². The van der Waals surface area contributed by atoms with Crippen LogP contribution in [-0.2, 0) is 6.54 Å². The molecule has 0 aromatic carbocycles. The molecule has 2 heterocycles. The van der Waals surface area contributed by atoms with Gasteiger partial charge in [0.25, 0.3) is 0 Å². The zero-order chi connectivity index (χ0) is 13.2. The summed E-state index contributed by atoms with van der Waals surface area (Å²) in [5.41, 5.74) is 2.49. The number of hydrogen-bond acceptors (Lipinski definition) is 3. The van der Waals surface area contributed by atoms with Crippen molar-refractivity contribution in [1.29, 1.82) is 0 Å². The molecule has 0 radical (unpaired) electrons. The van der Waals surface area contributed by atoms with E-state index < -0.39 is 0 Å². The molecule has 2 aromatic rings. The molecule has 4 heteroatoms. The maximum atomic E-state index is 4.63. The molecule has 104 valence electrons. The standard InChI is InChI=1S/C15H23N3S/c1-11-10-18-14(12(2)17-15(18)19-11)9-16-8-7-13-5-3-4-6-13/h10,13,16H,3-9H2,1-2H3. The molecule has 1 aliphatic rings. The zero-order valence-electron chi connectivity index (χ0n) is 11.9. The summed E-state index contributed by atoms with van der Waals surface area (Å²) in [7, 11) is 0. The SMILES string of the molecule is Cc1cn2c(CNCCC3CCCC3)c(C)nc2s1. The van der Waals surface area contributed by atoms with E-state index >= 15 is 0 Å². The lowest BCUT2D eigenvalue weighted by Gasteiger charge is -2.09. The first-order valence-corrected chi connectivity index (χ1v) is 8.20. The number of nitrogens with zero attached hydrogens (tertiary/aromatic N) is 2. The minimum absolute atomic E-state index is 0.940. The third-order valence-electron chi connectivity index (χ3n) is 4.24. The Balaban J connectivity index is 1.56. The van der Waals surface area contributed by atoms with Gasteiger partial charge in [-0.15, -0.1) is 11.3 Å². The van der Waals surface area contributed by atoms with Crippen molar-refractivity contribution >= 4 is 16.3 Å². The normalized spacial score (nSPS) is 16.7. The molecule has 1 aliphatic carbocycles. The van der Waals surface area contributed by atoms with Crippen LogP contribution in [0.2, 0.25) is 0 Å². The molecule has 0 bridgehead atoms. The molecule has 3 rings (SSSR count). The largest absolute Gasteiger partial charge is 0.311 e. The van der Waals surface area contributed by atoms with E-state index in [1.54, 1.807) is 11.3 Å². The van der Waals surface area contributed by atoms with Crippen LogP contribution in [0.25, 0.3) is 4.96 Å². The highest BCUT2D eigenvalue weighted by Crippen LogP contribution is 2.27. The van der Waals surface area contributed by atoms with E-state index in [0.29, 0.717) is 0 Å². The molecule has 0 unspecified atom stereocenters. The Kier molecular flexibility index (Phi) is 3.89. The summed E-state index contributed by atoms with van der Waals surface area (Å²) < 4.78 is 2.25. The highest BCUT2D eigenvalue weighted by atomic mass is 32.1. The van der Waals surface area contributed by atoms with Gasteiger partial charge in [-0.05, 0) is 32.7 Å². The van der Waals surface area contributed by atoms with Gasteiger partial charge in [-0.25, -0.2) is 4.98 Å². The third kappa shape index (κ3) is 2.84. The number of thiazole rings is 1. The summed E-state index contributed by atoms with van der Waals surface area (Å²) in [6, 6.07) is 0. The number of fused-ring (bicyclic) bond motifs is 1. The van der Waals surface area contributed by atoms with Gasteiger partial charge >= 0.3 is 0 Å². The number of imidazole rings is 1. The maximum absolute atomic E-state index is 4.63. The van der Waals surface area contributed by atoms with Gasteiger partial charge in [-0.1, -0.05) is 25.7 Å². The van der Waals surface area contributed by atoms with Gasteiger partial charge in [-0.2, -0.15) is 0 Å². The summed E-state index contributed by atoms with van der Waals surface area (Å²) in [5.74, 6) is 0.974. The summed E-state index contributed by atoms with van der Waals surface area (Å²) in [5, 5.41) is 3.60. The lowest BCUT2D eigenvalue weighted by atomic mass is 10.0. The van der Waals surface area contributed by atoms with Gasteiger partial charge in [0.2, 0.25) is 0 Å². The fourth-order valence-corrected chi connectivity index (χ4v) is 4.02. The van der Waals surface area contributed by atoms with Crippen molar-refractivity contribution in [2.75, 3.05) is 6.54 Å². The number of hydrogen-bond donors (Lipinski definition) is 1. The monoisotopic (exact) mass is 277 g/mol. The molecule has 2 aromatic heterocycles. The predicted molar refractivity (Wildman–Crippen MR) is 80.8 cm³/mol. The van der Waals surface area contributed by atoms with Crippen LogP contribution in [0.5, 0.6) is 0 Å². The number of aryl methyl sites for hydroxylation is 2. The Morgan fingerprint density at radius 2 is 2.16 bits per heavy atom. The third-order valence-corrected chi connectivity index (χ3v) is 5.14. The zero-order valence-corrected chi connectivity index (χ0v) is 12.7. The minimum atomic E-state index is 0.940. The van der Waals surface area contributed by atoms with Gasteiger partial charge in [0.1, 0.15) is 0 Å². The number of nitrogens with one attached hydrogen (secondary N) is 1. The van der Waals surface area contributed by atoms with Crippen molar-refractivity contribution in [3.63, 3.8) is 0 Å². The number of aromatic nitrogens is 2. The molecular weight excluding hydrogens is 254 g/mol. The second-order valence-electron chi connectivity index (χ2n) is 5.75. The average Bonchev–Trinajstić information content (AvgIpc) is 3.03. The van der Waals surface area contributed by atoms with Crippen molar-refractivity contribution < 1.29 is 0 Å². The molecule has 0 spiro atoms. The van der Waals surface area contributed by atoms with E-state index in [2.05, 4.69) is 34.7 Å². The molecule has 1 saturated carbocycles. The van der Waals surface area contributed by atoms with Crippen LogP contribution >= 0.6 is 11.3 Å². The van der Waals surface area contributed by atoms with Gasteiger partial charge < -0.3 is 5.32 Å². The van der Waals surface area contributed by atoms with Gasteiger partial charge in [0, 0.05) is 17.6 Å². The first kappa shape index (κ1) is 13.1. The van der Waals surface area contributed by atoms with Gasteiger partial charge in [0.15, 0.2) is 4.96 Å². The predicted octanol–water partition coefficient (Wildman–Crippen LogP) is 3.68. The van der Waals surface area contributed by atoms with Crippen molar-refractivity contribution in [2.24, 2.45) is 5.92 Å². The quantitative estimate of drug-likeness (QED) is 0.845. The maximum Gasteiger partial charge on any atom is 0.194 e. The minimum Gasteiger partial charge on any atom is -0.311 e. The van der Waals surface area contributed by atoms with Crippen LogP contribution in [0.1, 0.15) is 48.4 Å². The number of rotatable bonds is 5. The Bertz CT molecular complexity index is 549. The van der Waals surface area contributed by atoms with E-state index in [0.717, 1.165) is 24.0 Å². The van der Waals surface area contributed by atoms with Crippen LogP contribution in [0, 0.1) is 19.8 Å². The molecule has 1 fully saturated rings. The molecule has 1 N–H and O–H groups in total. The van der Waals surface area contributed by atoms with Crippen molar-refractivity contribution in [3.05, 3.63) is 22.5 Å². The molecule has 0 amide bonds. The first-order valence-electron chi connectivity index (χ1n) is 7.38. The van der Waals surface area contributed by atoms with Crippen molar-refractivity contribution in [1.82, 2.24) is 14.7 Å². The fourth-order valence-electron chi connectivity index (χ4n) is 3.13. The van der Waals surface area contributed by atoms with E-state index in [1.807, 2.05) is 0 Å². The molecule has 0 saturated heterocycles. The lowest BCUT2D eigenvalue weighted by molar-refractivity contribution is 0.475. The van der Waals surface area contributed by atoms with E-state index in [4.69, 9.17) is 0 Å². The molecule has 0 atom stereocenters. The first-order chi connectivity index (χ1) is 9.24. The Morgan fingerprint density at radius 3 is 2.95 bits per heavy atom. The van der Waals surface area contributed by atoms with Crippen LogP contribution in [-0.4, -0.2) is 15.9 Å². The summed E-state index contributed by atoms with van der Waals surface area (Å²) >= 11 is 1.77. The average molecular weight is 277 g/mol. The van der Waals surface area contributed by atoms with E-state index in [1.165, 1.54) is 48.4 Å². The molecule has 19 heavy (non-hydrogen) atoms. The van der Waals surface area contributed by atoms with E-state index in [9.17, 15) is 0 Å². The fraction of sp³-hybridized carbons (Fsp3) is 0.667. The van der Waals surface area contributed by atoms with Crippen LogP contribution in [0.15, 0.2) is 6.20 Å². The molecule has 0 aliphatic heterocycles. The summed E-state index contributed by atoms with van der Waals surface area (Å²) in [6.45, 7) is 6.34. The van der Waals surface area contributed by atoms with Crippen LogP contribution in [0.3, 0.4) is 0 Å². The van der Waals surface area contributed by atoms with Gasteiger partial charge in [-0.3, -0.25) is 4.40 Å². The van der Waals surface area contributed by atoms with Gasteiger partial charge in [0.05, 0.1) is 11.4 Å². The highest BCUT2D eigenvalue weighted by molar-refractivity contribution is 7.17. The smallest absolute Gasteiger partial charge is 0.194 e. The van der Waals surface area contributed by atoms with Crippen LogP contribution in [0.4, 0.5) is 0 Å². The highest BCUT2D eigenvalue weighted by Gasteiger charge is 2.14. The summed E-state index contributed by atoms with van der Waals surface area (Å²) in [6.07, 6.45) is 9.32. The second-order valence-corrected chi connectivity index (χ2v) is 6.97.